The van der Waals surface area contributed by atoms with E-state index >= 15 is 0 Å². The van der Waals surface area contributed by atoms with Gasteiger partial charge in [0.1, 0.15) is 11.3 Å². The first kappa shape index (κ1) is 23.8. The summed E-state index contributed by atoms with van der Waals surface area (Å²) in [6.45, 7) is 3.69. The van der Waals surface area contributed by atoms with Gasteiger partial charge in [0, 0.05) is 0 Å². The Morgan fingerprint density at radius 1 is 0.886 bits per heavy atom. The lowest BCUT2D eigenvalue weighted by Gasteiger charge is -2.36. The third kappa shape index (κ3) is 4.97. The molecule has 0 aliphatic carbocycles. The summed E-state index contributed by atoms with van der Waals surface area (Å²) in [6.07, 6.45) is 1.52. The lowest BCUT2D eigenvalue weighted by atomic mass is 10.0. The molecule has 7 nitrogen and oxygen atoms in total. The highest BCUT2D eigenvalue weighted by Gasteiger charge is 2.41. The largest absolute Gasteiger partial charge is 0.484 e. The van der Waals surface area contributed by atoms with E-state index in [9.17, 15) is 14.4 Å². The fraction of sp³-hybridized carbons (Fsp3) is 0.111. The molecule has 0 unspecified atom stereocenters. The van der Waals surface area contributed by atoms with Crippen LogP contribution in [0.2, 0.25) is 0 Å². The van der Waals surface area contributed by atoms with E-state index in [1.54, 1.807) is 48.5 Å². The van der Waals surface area contributed by atoms with Crippen molar-refractivity contribution in [2.24, 2.45) is 5.73 Å². The summed E-state index contributed by atoms with van der Waals surface area (Å²) in [5.74, 6) is -1.17. The van der Waals surface area contributed by atoms with Crippen LogP contribution >= 0.6 is 12.2 Å². The van der Waals surface area contributed by atoms with Crippen LogP contribution in [0.1, 0.15) is 16.7 Å². The van der Waals surface area contributed by atoms with Crippen molar-refractivity contribution in [3.05, 3.63) is 95.1 Å². The lowest BCUT2D eigenvalue weighted by Crippen LogP contribution is -2.57. The number of primary amides is 1. The number of rotatable bonds is 6. The zero-order valence-electron chi connectivity index (χ0n) is 19.2. The summed E-state index contributed by atoms with van der Waals surface area (Å²) in [4.78, 5) is 40.8. The van der Waals surface area contributed by atoms with E-state index in [4.69, 9.17) is 22.7 Å². The Balaban J connectivity index is 1.77. The van der Waals surface area contributed by atoms with E-state index in [1.807, 2.05) is 38.1 Å². The molecule has 0 bridgehead atoms. The van der Waals surface area contributed by atoms with Gasteiger partial charge in [-0.2, -0.15) is 0 Å². The van der Waals surface area contributed by atoms with Crippen LogP contribution in [-0.4, -0.2) is 29.4 Å². The van der Waals surface area contributed by atoms with Crippen LogP contribution in [0, 0.1) is 13.8 Å². The van der Waals surface area contributed by atoms with E-state index in [-0.39, 0.29) is 17.3 Å². The normalized spacial score (nSPS) is 15.0. The predicted molar refractivity (Wildman–Crippen MR) is 139 cm³/mol. The van der Waals surface area contributed by atoms with Crippen molar-refractivity contribution in [1.29, 1.82) is 0 Å². The molecule has 0 radical (unpaired) electrons. The van der Waals surface area contributed by atoms with Crippen molar-refractivity contribution < 1.29 is 19.1 Å². The van der Waals surface area contributed by atoms with Crippen molar-refractivity contribution >= 4 is 52.5 Å². The summed E-state index contributed by atoms with van der Waals surface area (Å²) in [5, 5.41) is 0.0850. The molecule has 0 atom stereocenters. The number of para-hydroxylation sites is 1. The van der Waals surface area contributed by atoms with Gasteiger partial charge >= 0.3 is 0 Å². The van der Waals surface area contributed by atoms with E-state index in [1.165, 1.54) is 15.9 Å². The average molecular weight is 486 g/mol. The van der Waals surface area contributed by atoms with E-state index in [0.717, 1.165) is 11.1 Å². The molecule has 8 heteroatoms. The number of benzene rings is 3. The van der Waals surface area contributed by atoms with E-state index in [2.05, 4.69) is 0 Å². The Morgan fingerprint density at radius 3 is 2.11 bits per heavy atom. The van der Waals surface area contributed by atoms with Gasteiger partial charge < -0.3 is 10.5 Å². The Labute approximate surface area is 208 Å². The van der Waals surface area contributed by atoms with Gasteiger partial charge in [0.2, 0.25) is 0 Å². The summed E-state index contributed by atoms with van der Waals surface area (Å²) < 4.78 is 5.28. The zero-order chi connectivity index (χ0) is 25.1. The number of carbonyl (C=O) groups is 3. The molecule has 1 saturated heterocycles. The molecular formula is C27H23N3O4S. The SMILES string of the molecule is Cc1ccc(N2C(=O)/C(=C\c3ccc(OCC(N)=O)cc3)C(=O)N(c3ccccc3)C2=S)cc1C. The smallest absolute Gasteiger partial charge is 0.270 e. The highest BCUT2D eigenvalue weighted by Crippen LogP contribution is 2.31. The second-order valence-corrected chi connectivity index (χ2v) is 8.41. The van der Waals surface area contributed by atoms with Crippen molar-refractivity contribution in [1.82, 2.24) is 0 Å². The quantitative estimate of drug-likeness (QED) is 0.325. The Hall–Kier alpha value is -4.30. The standard InChI is InChI=1S/C27H23N3O4S/c1-17-8-11-21(14-18(17)2)30-26(33)23(15-19-9-12-22(13-10-19)34-16-24(28)31)25(32)29(27(30)35)20-6-4-3-5-7-20/h3-15H,16H2,1-2H3,(H2,28,31)/b23-15-. The molecule has 176 valence electrons. The number of carbonyl (C=O) groups excluding carboxylic acids is 3. The minimum Gasteiger partial charge on any atom is -0.484 e. The van der Waals surface area contributed by atoms with Gasteiger partial charge in [0.25, 0.3) is 17.7 Å². The van der Waals surface area contributed by atoms with Crippen LogP contribution in [0.15, 0.2) is 78.4 Å². The maximum atomic E-state index is 13.6. The van der Waals surface area contributed by atoms with Gasteiger partial charge in [0.15, 0.2) is 11.7 Å². The van der Waals surface area contributed by atoms with Crippen molar-refractivity contribution in [3.8, 4) is 5.75 Å². The fourth-order valence-corrected chi connectivity index (χ4v) is 3.98. The second kappa shape index (κ2) is 9.90. The van der Waals surface area contributed by atoms with Crippen LogP contribution in [0.4, 0.5) is 11.4 Å². The number of hydrogen-bond acceptors (Lipinski definition) is 5. The molecule has 0 aromatic heterocycles. The van der Waals surface area contributed by atoms with Crippen molar-refractivity contribution in [2.75, 3.05) is 16.4 Å². The molecule has 2 N–H and O–H groups in total. The lowest BCUT2D eigenvalue weighted by molar-refractivity contribution is -0.121. The minimum atomic E-state index is -0.585. The highest BCUT2D eigenvalue weighted by molar-refractivity contribution is 7.81. The number of ether oxygens (including phenoxy) is 1. The van der Waals surface area contributed by atoms with Crippen LogP contribution in [0.3, 0.4) is 0 Å². The minimum absolute atomic E-state index is 0.0357. The Kier molecular flexibility index (Phi) is 6.75. The third-order valence-corrected chi connectivity index (χ3v) is 5.95. The maximum absolute atomic E-state index is 13.6. The summed E-state index contributed by atoms with van der Waals surface area (Å²) in [5.41, 5.74) is 8.89. The van der Waals surface area contributed by atoms with Crippen LogP contribution < -0.4 is 20.3 Å². The monoisotopic (exact) mass is 485 g/mol. The molecule has 0 saturated carbocycles. The molecule has 3 aromatic carbocycles. The number of aryl methyl sites for hydroxylation is 2. The number of amides is 3. The predicted octanol–water partition coefficient (Wildman–Crippen LogP) is 3.92. The van der Waals surface area contributed by atoms with Crippen LogP contribution in [-0.2, 0) is 14.4 Å². The average Bonchev–Trinajstić information content (AvgIpc) is 2.84. The van der Waals surface area contributed by atoms with Gasteiger partial charge in [-0.15, -0.1) is 0 Å². The van der Waals surface area contributed by atoms with Gasteiger partial charge in [-0.3, -0.25) is 24.2 Å². The molecule has 0 spiro atoms. The van der Waals surface area contributed by atoms with Crippen molar-refractivity contribution in [3.63, 3.8) is 0 Å². The molecule has 1 aliphatic heterocycles. The van der Waals surface area contributed by atoms with Gasteiger partial charge in [-0.1, -0.05) is 36.4 Å². The summed E-state index contributed by atoms with van der Waals surface area (Å²) in [6, 6.07) is 21.2. The summed E-state index contributed by atoms with van der Waals surface area (Å²) in [7, 11) is 0. The number of nitrogens with zero attached hydrogens (tertiary/aromatic N) is 2. The van der Waals surface area contributed by atoms with E-state index < -0.39 is 17.7 Å². The number of thiocarbonyl (C=S) groups is 1. The molecule has 4 rings (SSSR count). The number of anilines is 2. The number of nitrogens with two attached hydrogens (primary N) is 1. The maximum Gasteiger partial charge on any atom is 0.270 e. The van der Waals surface area contributed by atoms with Crippen molar-refractivity contribution in [2.45, 2.75) is 13.8 Å². The molecule has 3 amide bonds. The Morgan fingerprint density at radius 2 is 1.51 bits per heavy atom. The van der Waals surface area contributed by atoms with Gasteiger partial charge in [0.05, 0.1) is 11.4 Å². The Bertz CT molecular complexity index is 1350. The molecule has 3 aromatic rings. The molecule has 1 fully saturated rings. The summed E-state index contributed by atoms with van der Waals surface area (Å²) >= 11 is 5.66. The van der Waals surface area contributed by atoms with Gasteiger partial charge in [-0.05, 0) is 85.2 Å². The van der Waals surface area contributed by atoms with Gasteiger partial charge in [-0.25, -0.2) is 0 Å². The van der Waals surface area contributed by atoms with E-state index in [0.29, 0.717) is 22.7 Å². The topological polar surface area (TPSA) is 92.9 Å². The zero-order valence-corrected chi connectivity index (χ0v) is 20.0. The first-order valence-electron chi connectivity index (χ1n) is 10.8. The third-order valence-electron chi connectivity index (χ3n) is 5.58. The first-order valence-corrected chi connectivity index (χ1v) is 11.2. The molecule has 35 heavy (non-hydrogen) atoms. The second-order valence-electron chi connectivity index (χ2n) is 8.05. The van der Waals surface area contributed by atoms with Crippen LogP contribution in [0.5, 0.6) is 5.75 Å². The number of hydrogen-bond donors (Lipinski definition) is 1. The highest BCUT2D eigenvalue weighted by atomic mass is 32.1. The molecular weight excluding hydrogens is 462 g/mol. The fourth-order valence-electron chi connectivity index (χ4n) is 3.61. The molecule has 1 heterocycles. The van der Waals surface area contributed by atoms with Crippen LogP contribution in [0.25, 0.3) is 6.08 Å². The first-order chi connectivity index (χ1) is 16.8. The molecule has 1 aliphatic rings.